The molecule has 0 amide bonds. The van der Waals surface area contributed by atoms with E-state index in [1.54, 1.807) is 0 Å². The van der Waals surface area contributed by atoms with Gasteiger partial charge in [0.2, 0.25) is 0 Å². The first-order chi connectivity index (χ1) is 9.15. The van der Waals surface area contributed by atoms with Gasteiger partial charge in [-0.2, -0.15) is 0 Å². The second-order valence-corrected chi connectivity index (χ2v) is 6.35. The Balaban J connectivity index is 1.69. The highest BCUT2D eigenvalue weighted by Crippen LogP contribution is 2.23. The van der Waals surface area contributed by atoms with Gasteiger partial charge < -0.3 is 14.8 Å². The van der Waals surface area contributed by atoms with E-state index in [2.05, 4.69) is 35.7 Å². The summed E-state index contributed by atoms with van der Waals surface area (Å²) in [4.78, 5) is 7.46. The average molecular weight is 262 g/mol. The number of likely N-dealkylation sites (tertiary alicyclic amines) is 1. The normalized spacial score (nSPS) is 24.1. The van der Waals surface area contributed by atoms with Crippen LogP contribution in [0.25, 0.3) is 0 Å². The van der Waals surface area contributed by atoms with E-state index >= 15 is 0 Å². The molecular weight excluding hydrogens is 236 g/mol. The molecule has 0 aliphatic carbocycles. The standard InChI is InChI=1S/C15H26N4/c1-11(2)19-7-5-12(10-19)8-15-17-13-9-16-6-4-14(13)18(15)3/h11-12,16H,4-10H2,1-3H3. The van der Waals surface area contributed by atoms with Crippen LogP contribution >= 0.6 is 0 Å². The smallest absolute Gasteiger partial charge is 0.109 e. The maximum absolute atomic E-state index is 4.87. The van der Waals surface area contributed by atoms with Crippen molar-refractivity contribution < 1.29 is 0 Å². The number of imidazole rings is 1. The van der Waals surface area contributed by atoms with Crippen LogP contribution in [0.15, 0.2) is 0 Å². The zero-order valence-corrected chi connectivity index (χ0v) is 12.4. The molecule has 0 spiro atoms. The van der Waals surface area contributed by atoms with E-state index in [4.69, 9.17) is 4.98 Å². The summed E-state index contributed by atoms with van der Waals surface area (Å²) >= 11 is 0. The highest BCUT2D eigenvalue weighted by molar-refractivity contribution is 5.20. The summed E-state index contributed by atoms with van der Waals surface area (Å²) in [5, 5.41) is 3.41. The molecule has 1 aromatic rings. The number of rotatable bonds is 3. The number of aromatic nitrogens is 2. The fourth-order valence-electron chi connectivity index (χ4n) is 3.45. The molecule has 1 N–H and O–H groups in total. The van der Waals surface area contributed by atoms with Crippen LogP contribution in [-0.4, -0.2) is 40.1 Å². The molecule has 4 nitrogen and oxygen atoms in total. The van der Waals surface area contributed by atoms with Crippen molar-refractivity contribution in [3.8, 4) is 0 Å². The average Bonchev–Trinajstić information content (AvgIpc) is 2.97. The molecule has 3 rings (SSSR count). The Kier molecular flexibility index (Phi) is 3.63. The van der Waals surface area contributed by atoms with Crippen LogP contribution < -0.4 is 5.32 Å². The molecule has 0 bridgehead atoms. The van der Waals surface area contributed by atoms with Crippen LogP contribution in [0.3, 0.4) is 0 Å². The van der Waals surface area contributed by atoms with Crippen molar-refractivity contribution in [3.05, 3.63) is 17.2 Å². The third-order valence-electron chi connectivity index (χ3n) is 4.74. The second kappa shape index (κ2) is 5.25. The lowest BCUT2D eigenvalue weighted by molar-refractivity contribution is 0.264. The maximum atomic E-state index is 4.87. The molecule has 0 aromatic carbocycles. The summed E-state index contributed by atoms with van der Waals surface area (Å²) in [6.07, 6.45) is 3.60. The lowest BCUT2D eigenvalue weighted by Gasteiger charge is -2.20. The van der Waals surface area contributed by atoms with Crippen molar-refractivity contribution in [3.63, 3.8) is 0 Å². The molecule has 2 aliphatic rings. The number of fused-ring (bicyclic) bond motifs is 1. The van der Waals surface area contributed by atoms with Crippen molar-refractivity contribution in [2.45, 2.75) is 45.7 Å². The highest BCUT2D eigenvalue weighted by atomic mass is 15.2. The molecule has 1 saturated heterocycles. The first-order valence-electron chi connectivity index (χ1n) is 7.63. The minimum absolute atomic E-state index is 0.684. The Labute approximate surface area is 116 Å². The summed E-state index contributed by atoms with van der Waals surface area (Å²) in [6, 6.07) is 0.684. The molecule has 1 unspecified atom stereocenters. The Hall–Kier alpha value is -0.870. The quantitative estimate of drug-likeness (QED) is 0.892. The van der Waals surface area contributed by atoms with Gasteiger partial charge in [-0.25, -0.2) is 4.98 Å². The van der Waals surface area contributed by atoms with Gasteiger partial charge >= 0.3 is 0 Å². The Morgan fingerprint density at radius 2 is 2.26 bits per heavy atom. The topological polar surface area (TPSA) is 33.1 Å². The zero-order valence-electron chi connectivity index (χ0n) is 12.4. The van der Waals surface area contributed by atoms with E-state index in [9.17, 15) is 0 Å². The molecule has 2 aliphatic heterocycles. The molecule has 19 heavy (non-hydrogen) atoms. The van der Waals surface area contributed by atoms with Gasteiger partial charge in [-0.05, 0) is 32.7 Å². The fourth-order valence-corrected chi connectivity index (χ4v) is 3.45. The number of nitrogens with one attached hydrogen (secondary N) is 1. The minimum Gasteiger partial charge on any atom is -0.335 e. The molecule has 1 aromatic heterocycles. The fraction of sp³-hybridized carbons (Fsp3) is 0.800. The summed E-state index contributed by atoms with van der Waals surface area (Å²) in [5.74, 6) is 2.09. The van der Waals surface area contributed by atoms with Gasteiger partial charge in [0.25, 0.3) is 0 Å². The Morgan fingerprint density at radius 3 is 2.95 bits per heavy atom. The summed E-state index contributed by atoms with van der Waals surface area (Å²) in [7, 11) is 2.20. The molecule has 1 fully saturated rings. The first-order valence-corrected chi connectivity index (χ1v) is 7.63. The Bertz CT molecular complexity index is 449. The SMILES string of the molecule is CC(C)N1CCC(Cc2nc3c(n2C)CCNC3)C1. The lowest BCUT2D eigenvalue weighted by atomic mass is 10.0. The van der Waals surface area contributed by atoms with E-state index in [0.717, 1.165) is 31.8 Å². The summed E-state index contributed by atoms with van der Waals surface area (Å²) < 4.78 is 2.36. The van der Waals surface area contributed by atoms with E-state index in [1.807, 2.05) is 0 Å². The largest absolute Gasteiger partial charge is 0.335 e. The first kappa shape index (κ1) is 13.1. The van der Waals surface area contributed by atoms with Crippen LogP contribution in [-0.2, 0) is 26.4 Å². The number of hydrogen-bond acceptors (Lipinski definition) is 3. The van der Waals surface area contributed by atoms with E-state index in [1.165, 1.54) is 36.7 Å². The van der Waals surface area contributed by atoms with Gasteiger partial charge in [-0.3, -0.25) is 0 Å². The van der Waals surface area contributed by atoms with Gasteiger partial charge in [0.15, 0.2) is 0 Å². The molecule has 3 heterocycles. The zero-order chi connectivity index (χ0) is 13.4. The van der Waals surface area contributed by atoms with Crippen LogP contribution in [0, 0.1) is 5.92 Å². The third kappa shape index (κ3) is 2.56. The van der Waals surface area contributed by atoms with E-state index in [0.29, 0.717) is 6.04 Å². The lowest BCUT2D eigenvalue weighted by Crippen LogP contribution is -2.28. The molecule has 106 valence electrons. The summed E-state index contributed by atoms with van der Waals surface area (Å²) in [6.45, 7) is 9.14. The van der Waals surface area contributed by atoms with Gasteiger partial charge in [0, 0.05) is 51.3 Å². The van der Waals surface area contributed by atoms with Crippen molar-refractivity contribution in [1.29, 1.82) is 0 Å². The highest BCUT2D eigenvalue weighted by Gasteiger charge is 2.26. The number of hydrogen-bond donors (Lipinski definition) is 1. The van der Waals surface area contributed by atoms with Crippen LogP contribution in [0.1, 0.15) is 37.5 Å². The van der Waals surface area contributed by atoms with Gasteiger partial charge in [-0.1, -0.05) is 0 Å². The molecular formula is C15H26N4. The van der Waals surface area contributed by atoms with Crippen LogP contribution in [0.4, 0.5) is 0 Å². The molecule has 0 radical (unpaired) electrons. The van der Waals surface area contributed by atoms with Gasteiger partial charge in [0.1, 0.15) is 5.82 Å². The van der Waals surface area contributed by atoms with Crippen LogP contribution in [0.2, 0.25) is 0 Å². The maximum Gasteiger partial charge on any atom is 0.109 e. The van der Waals surface area contributed by atoms with Gasteiger partial charge in [0.05, 0.1) is 5.69 Å². The van der Waals surface area contributed by atoms with Crippen molar-refractivity contribution >= 4 is 0 Å². The van der Waals surface area contributed by atoms with Crippen LogP contribution in [0.5, 0.6) is 0 Å². The molecule has 0 saturated carbocycles. The summed E-state index contributed by atoms with van der Waals surface area (Å²) in [5.41, 5.74) is 2.73. The second-order valence-electron chi connectivity index (χ2n) is 6.35. The van der Waals surface area contributed by atoms with Crippen molar-refractivity contribution in [2.24, 2.45) is 13.0 Å². The van der Waals surface area contributed by atoms with E-state index < -0.39 is 0 Å². The molecule has 4 heteroatoms. The van der Waals surface area contributed by atoms with Crippen molar-refractivity contribution in [1.82, 2.24) is 19.8 Å². The van der Waals surface area contributed by atoms with E-state index in [-0.39, 0.29) is 0 Å². The predicted molar refractivity (Wildman–Crippen MR) is 77.1 cm³/mol. The molecule has 1 atom stereocenters. The van der Waals surface area contributed by atoms with Gasteiger partial charge in [-0.15, -0.1) is 0 Å². The number of nitrogens with zero attached hydrogens (tertiary/aromatic N) is 3. The monoisotopic (exact) mass is 262 g/mol. The minimum atomic E-state index is 0.684. The predicted octanol–water partition coefficient (Wildman–Crippen LogP) is 1.34. The Morgan fingerprint density at radius 1 is 1.42 bits per heavy atom. The third-order valence-corrected chi connectivity index (χ3v) is 4.74. The van der Waals surface area contributed by atoms with Crippen molar-refractivity contribution in [2.75, 3.05) is 19.6 Å².